The monoisotopic (exact) mass is 250 g/mol. The van der Waals surface area contributed by atoms with Crippen molar-refractivity contribution in [2.45, 2.75) is 19.9 Å². The molecule has 3 nitrogen and oxygen atoms in total. The molecule has 0 saturated heterocycles. The van der Waals surface area contributed by atoms with Crippen molar-refractivity contribution in [1.82, 2.24) is 9.88 Å². The average Bonchev–Trinajstić information content (AvgIpc) is 2.71. The predicted molar refractivity (Wildman–Crippen MR) is 70.2 cm³/mol. The second-order valence-corrected chi connectivity index (χ2v) is 4.37. The molecule has 0 spiro atoms. The number of hydrogen-bond acceptors (Lipinski definition) is 1. The predicted octanol–water partition coefficient (Wildman–Crippen LogP) is 2.82. The van der Waals surface area contributed by atoms with Crippen LogP contribution in [0.5, 0.6) is 0 Å². The van der Waals surface area contributed by atoms with Gasteiger partial charge in [0, 0.05) is 28.7 Å². The van der Waals surface area contributed by atoms with E-state index in [2.05, 4.69) is 5.32 Å². The lowest BCUT2D eigenvalue weighted by molar-refractivity contribution is -0.121. The Kier molecular flexibility index (Phi) is 3.69. The summed E-state index contributed by atoms with van der Waals surface area (Å²) >= 11 is 6.08. The molecular weight excluding hydrogens is 236 g/mol. The zero-order valence-corrected chi connectivity index (χ0v) is 10.5. The van der Waals surface area contributed by atoms with Crippen LogP contribution in [0.15, 0.2) is 30.5 Å². The molecule has 0 unspecified atom stereocenters. The van der Waals surface area contributed by atoms with Crippen molar-refractivity contribution in [3.05, 3.63) is 35.5 Å². The van der Waals surface area contributed by atoms with Gasteiger partial charge in [0.1, 0.15) is 6.54 Å². The van der Waals surface area contributed by atoms with Crippen molar-refractivity contribution in [3.63, 3.8) is 0 Å². The number of fused-ring (bicyclic) bond motifs is 1. The van der Waals surface area contributed by atoms with Crippen LogP contribution in [0.4, 0.5) is 0 Å². The lowest BCUT2D eigenvalue weighted by atomic mass is 10.2. The van der Waals surface area contributed by atoms with Crippen LogP contribution < -0.4 is 5.32 Å². The fourth-order valence-corrected chi connectivity index (χ4v) is 2.03. The van der Waals surface area contributed by atoms with Crippen molar-refractivity contribution in [2.24, 2.45) is 0 Å². The molecule has 2 rings (SSSR count). The van der Waals surface area contributed by atoms with Crippen LogP contribution >= 0.6 is 11.6 Å². The maximum atomic E-state index is 11.6. The first kappa shape index (κ1) is 12.0. The van der Waals surface area contributed by atoms with Crippen LogP contribution in [-0.4, -0.2) is 17.0 Å². The van der Waals surface area contributed by atoms with Gasteiger partial charge in [0.2, 0.25) is 5.91 Å². The van der Waals surface area contributed by atoms with Crippen molar-refractivity contribution in [2.75, 3.05) is 6.54 Å². The second-order valence-electron chi connectivity index (χ2n) is 3.97. The maximum Gasteiger partial charge on any atom is 0.239 e. The minimum atomic E-state index is 0.0318. The molecule has 90 valence electrons. The number of hydrogen-bond donors (Lipinski definition) is 1. The van der Waals surface area contributed by atoms with Gasteiger partial charge in [0.15, 0.2) is 0 Å². The normalized spacial score (nSPS) is 10.7. The molecular formula is C13H15ClN2O. The summed E-state index contributed by atoms with van der Waals surface area (Å²) in [7, 11) is 0. The van der Waals surface area contributed by atoms with Crippen LogP contribution in [0.3, 0.4) is 0 Å². The average molecular weight is 251 g/mol. The molecule has 17 heavy (non-hydrogen) atoms. The summed E-state index contributed by atoms with van der Waals surface area (Å²) < 4.78 is 1.91. The first-order chi connectivity index (χ1) is 8.22. The van der Waals surface area contributed by atoms with Crippen LogP contribution in [0.25, 0.3) is 10.9 Å². The Balaban J connectivity index is 2.19. The van der Waals surface area contributed by atoms with E-state index in [1.807, 2.05) is 42.0 Å². The van der Waals surface area contributed by atoms with E-state index < -0.39 is 0 Å². The van der Waals surface area contributed by atoms with Crippen molar-refractivity contribution < 1.29 is 4.79 Å². The third-order valence-electron chi connectivity index (χ3n) is 2.65. The fourth-order valence-electron chi connectivity index (χ4n) is 1.80. The van der Waals surface area contributed by atoms with Crippen LogP contribution in [0.1, 0.15) is 13.3 Å². The number of rotatable bonds is 4. The van der Waals surface area contributed by atoms with E-state index in [1.165, 1.54) is 0 Å². The summed E-state index contributed by atoms with van der Waals surface area (Å²) in [5.41, 5.74) is 0.990. The molecule has 0 bridgehead atoms. The van der Waals surface area contributed by atoms with Gasteiger partial charge in [-0.05, 0) is 24.6 Å². The Morgan fingerprint density at radius 2 is 2.24 bits per heavy atom. The number of amides is 1. The molecule has 1 heterocycles. The molecule has 0 aliphatic carbocycles. The van der Waals surface area contributed by atoms with Gasteiger partial charge in [-0.15, -0.1) is 0 Å². The van der Waals surface area contributed by atoms with Gasteiger partial charge >= 0.3 is 0 Å². The lowest BCUT2D eigenvalue weighted by Gasteiger charge is -2.06. The van der Waals surface area contributed by atoms with Gasteiger partial charge in [-0.25, -0.2) is 0 Å². The molecule has 0 saturated carbocycles. The van der Waals surface area contributed by atoms with E-state index in [1.54, 1.807) is 0 Å². The first-order valence-electron chi connectivity index (χ1n) is 5.72. The third-order valence-corrected chi connectivity index (χ3v) is 2.98. The van der Waals surface area contributed by atoms with Crippen molar-refractivity contribution >= 4 is 28.4 Å². The van der Waals surface area contributed by atoms with Gasteiger partial charge in [-0.3, -0.25) is 4.79 Å². The molecule has 1 N–H and O–H groups in total. The van der Waals surface area contributed by atoms with E-state index >= 15 is 0 Å². The summed E-state index contributed by atoms with van der Waals surface area (Å²) in [4.78, 5) is 11.6. The van der Waals surface area contributed by atoms with E-state index in [0.29, 0.717) is 6.54 Å². The number of nitrogens with one attached hydrogen (secondary N) is 1. The highest BCUT2D eigenvalue weighted by Crippen LogP contribution is 2.23. The van der Waals surface area contributed by atoms with E-state index in [9.17, 15) is 4.79 Å². The van der Waals surface area contributed by atoms with Gasteiger partial charge in [-0.1, -0.05) is 24.6 Å². The molecule has 1 aromatic heterocycles. The number of nitrogens with zero attached hydrogens (tertiary/aromatic N) is 1. The zero-order chi connectivity index (χ0) is 12.3. The Morgan fingerprint density at radius 3 is 3.00 bits per heavy atom. The van der Waals surface area contributed by atoms with Crippen molar-refractivity contribution in [1.29, 1.82) is 0 Å². The number of aromatic nitrogens is 1. The largest absolute Gasteiger partial charge is 0.355 e. The quantitative estimate of drug-likeness (QED) is 0.890. The summed E-state index contributed by atoms with van der Waals surface area (Å²) in [6.45, 7) is 3.09. The van der Waals surface area contributed by atoms with Crippen LogP contribution in [-0.2, 0) is 11.3 Å². The molecule has 0 aliphatic rings. The Morgan fingerprint density at radius 1 is 1.41 bits per heavy atom. The van der Waals surface area contributed by atoms with Crippen LogP contribution in [0, 0.1) is 0 Å². The first-order valence-corrected chi connectivity index (χ1v) is 6.10. The number of carbonyl (C=O) groups excluding carboxylic acids is 1. The van der Waals surface area contributed by atoms with E-state index in [4.69, 9.17) is 11.6 Å². The highest BCUT2D eigenvalue weighted by molar-refractivity contribution is 6.35. The molecule has 0 atom stereocenters. The minimum Gasteiger partial charge on any atom is -0.355 e. The molecule has 0 radical (unpaired) electrons. The van der Waals surface area contributed by atoms with Crippen LogP contribution in [0.2, 0.25) is 5.02 Å². The third kappa shape index (κ3) is 2.61. The zero-order valence-electron chi connectivity index (χ0n) is 9.74. The summed E-state index contributed by atoms with van der Waals surface area (Å²) in [6.07, 6.45) is 2.84. The van der Waals surface area contributed by atoms with Gasteiger partial charge in [0.25, 0.3) is 0 Å². The van der Waals surface area contributed by atoms with Crippen molar-refractivity contribution in [3.8, 4) is 0 Å². The summed E-state index contributed by atoms with van der Waals surface area (Å²) in [5, 5.41) is 4.56. The topological polar surface area (TPSA) is 34.0 Å². The minimum absolute atomic E-state index is 0.0318. The molecule has 4 heteroatoms. The van der Waals surface area contributed by atoms with Gasteiger partial charge in [-0.2, -0.15) is 0 Å². The van der Waals surface area contributed by atoms with E-state index in [-0.39, 0.29) is 5.91 Å². The lowest BCUT2D eigenvalue weighted by Crippen LogP contribution is -2.27. The molecule has 0 fully saturated rings. The van der Waals surface area contributed by atoms with E-state index in [0.717, 1.165) is 28.9 Å². The maximum absolute atomic E-state index is 11.6. The molecule has 1 amide bonds. The second kappa shape index (κ2) is 5.23. The number of carbonyl (C=O) groups is 1. The highest BCUT2D eigenvalue weighted by atomic mass is 35.5. The summed E-state index contributed by atoms with van der Waals surface area (Å²) in [6, 6.07) is 7.65. The summed E-state index contributed by atoms with van der Waals surface area (Å²) in [5.74, 6) is 0.0318. The smallest absolute Gasteiger partial charge is 0.239 e. The fraction of sp³-hybridized carbons (Fsp3) is 0.308. The molecule has 0 aliphatic heterocycles. The number of benzene rings is 1. The Hall–Kier alpha value is -1.48. The Labute approximate surface area is 105 Å². The molecule has 1 aromatic carbocycles. The standard InChI is InChI=1S/C13H15ClN2O/c1-2-7-15-13(17)9-16-8-6-10-11(14)4-3-5-12(10)16/h3-6,8H,2,7,9H2,1H3,(H,15,17). The molecule has 2 aromatic rings. The van der Waals surface area contributed by atoms with Gasteiger partial charge in [0.05, 0.1) is 0 Å². The highest BCUT2D eigenvalue weighted by Gasteiger charge is 2.07. The number of halogens is 1. The SMILES string of the molecule is CCCNC(=O)Cn1ccc2c(Cl)cccc21. The Bertz CT molecular complexity index is 533. The van der Waals surface area contributed by atoms with Gasteiger partial charge < -0.3 is 9.88 Å².